The topological polar surface area (TPSA) is 34.1 Å². The molecule has 1 heterocycles. The molecule has 2 aromatic rings. The van der Waals surface area contributed by atoms with Crippen molar-refractivity contribution < 1.29 is 4.74 Å². The van der Waals surface area contributed by atoms with Gasteiger partial charge >= 0.3 is 0 Å². The van der Waals surface area contributed by atoms with Crippen molar-refractivity contribution in [2.24, 2.45) is 0 Å². The first-order valence-corrected chi connectivity index (χ1v) is 6.48. The van der Waals surface area contributed by atoms with Crippen LogP contribution in [-0.4, -0.2) is 12.1 Å². The van der Waals surface area contributed by atoms with E-state index in [2.05, 4.69) is 48.4 Å². The van der Waals surface area contributed by atoms with Gasteiger partial charge in [0.15, 0.2) is 0 Å². The molecular formula is C16H20N2O. The predicted octanol–water partition coefficient (Wildman–Crippen LogP) is 3.25. The van der Waals surface area contributed by atoms with Crippen molar-refractivity contribution in [2.45, 2.75) is 26.4 Å². The monoisotopic (exact) mass is 256 g/mol. The van der Waals surface area contributed by atoms with Crippen molar-refractivity contribution in [3.63, 3.8) is 0 Å². The van der Waals surface area contributed by atoms with Crippen LogP contribution in [-0.2, 0) is 6.54 Å². The summed E-state index contributed by atoms with van der Waals surface area (Å²) >= 11 is 0. The van der Waals surface area contributed by atoms with Gasteiger partial charge in [-0.25, -0.2) is 4.98 Å². The van der Waals surface area contributed by atoms with Crippen molar-refractivity contribution >= 4 is 0 Å². The molecule has 0 saturated carbocycles. The second-order valence-corrected chi connectivity index (χ2v) is 4.69. The van der Waals surface area contributed by atoms with E-state index in [1.807, 2.05) is 12.1 Å². The third kappa shape index (κ3) is 3.55. The van der Waals surface area contributed by atoms with Crippen LogP contribution in [0, 0.1) is 6.92 Å². The molecule has 100 valence electrons. The Balaban J connectivity index is 2.00. The molecule has 0 radical (unpaired) electrons. The SMILES string of the molecule is COc1ncccc1CNC(C)c1ccc(C)cc1. The quantitative estimate of drug-likeness (QED) is 0.891. The summed E-state index contributed by atoms with van der Waals surface area (Å²) in [5.74, 6) is 0.686. The van der Waals surface area contributed by atoms with E-state index in [0.29, 0.717) is 11.9 Å². The highest BCUT2D eigenvalue weighted by Gasteiger charge is 2.07. The fraction of sp³-hybridized carbons (Fsp3) is 0.312. The Hall–Kier alpha value is -1.87. The molecule has 1 unspecified atom stereocenters. The van der Waals surface area contributed by atoms with Gasteiger partial charge in [-0.2, -0.15) is 0 Å². The molecule has 3 heteroatoms. The number of ether oxygens (including phenoxy) is 1. The maximum absolute atomic E-state index is 5.25. The van der Waals surface area contributed by atoms with Gasteiger partial charge in [0.1, 0.15) is 0 Å². The summed E-state index contributed by atoms with van der Waals surface area (Å²) in [4.78, 5) is 4.20. The Bertz CT molecular complexity index is 523. The smallest absolute Gasteiger partial charge is 0.217 e. The van der Waals surface area contributed by atoms with Crippen molar-refractivity contribution in [3.8, 4) is 5.88 Å². The third-order valence-corrected chi connectivity index (χ3v) is 3.22. The third-order valence-electron chi connectivity index (χ3n) is 3.22. The van der Waals surface area contributed by atoms with Crippen LogP contribution in [0.25, 0.3) is 0 Å². The molecule has 2 rings (SSSR count). The number of hydrogen-bond acceptors (Lipinski definition) is 3. The molecule has 1 atom stereocenters. The first-order chi connectivity index (χ1) is 9.20. The van der Waals surface area contributed by atoms with Gasteiger partial charge in [0.2, 0.25) is 5.88 Å². The number of aryl methyl sites for hydroxylation is 1. The largest absolute Gasteiger partial charge is 0.481 e. The number of aromatic nitrogens is 1. The summed E-state index contributed by atoms with van der Waals surface area (Å²) < 4.78 is 5.25. The minimum Gasteiger partial charge on any atom is -0.481 e. The van der Waals surface area contributed by atoms with Gasteiger partial charge in [-0.05, 0) is 25.5 Å². The second-order valence-electron chi connectivity index (χ2n) is 4.69. The number of methoxy groups -OCH3 is 1. The van der Waals surface area contributed by atoms with E-state index in [0.717, 1.165) is 12.1 Å². The van der Waals surface area contributed by atoms with Crippen molar-refractivity contribution in [1.29, 1.82) is 0 Å². The highest BCUT2D eigenvalue weighted by atomic mass is 16.5. The van der Waals surface area contributed by atoms with Gasteiger partial charge in [-0.1, -0.05) is 35.9 Å². The second kappa shape index (κ2) is 6.34. The van der Waals surface area contributed by atoms with E-state index >= 15 is 0 Å². The number of benzene rings is 1. The average Bonchev–Trinajstić information content (AvgIpc) is 2.45. The molecule has 0 aliphatic rings. The van der Waals surface area contributed by atoms with Gasteiger partial charge in [0, 0.05) is 24.3 Å². The molecule has 0 aliphatic carbocycles. The maximum Gasteiger partial charge on any atom is 0.217 e. The Kier molecular flexibility index (Phi) is 4.53. The molecule has 0 spiro atoms. The lowest BCUT2D eigenvalue weighted by Crippen LogP contribution is -2.18. The van der Waals surface area contributed by atoms with E-state index in [1.165, 1.54) is 11.1 Å². The predicted molar refractivity (Wildman–Crippen MR) is 77.2 cm³/mol. The van der Waals surface area contributed by atoms with Crippen LogP contribution in [0.3, 0.4) is 0 Å². The molecule has 1 aromatic carbocycles. The lowest BCUT2D eigenvalue weighted by Gasteiger charge is -2.15. The number of pyridine rings is 1. The minimum atomic E-state index is 0.297. The molecule has 19 heavy (non-hydrogen) atoms. The van der Waals surface area contributed by atoms with E-state index < -0.39 is 0 Å². The summed E-state index contributed by atoms with van der Waals surface area (Å²) in [5, 5.41) is 3.49. The lowest BCUT2D eigenvalue weighted by molar-refractivity contribution is 0.389. The molecule has 0 saturated heterocycles. The van der Waals surface area contributed by atoms with Gasteiger partial charge in [0.05, 0.1) is 7.11 Å². The molecule has 3 nitrogen and oxygen atoms in total. The fourth-order valence-electron chi connectivity index (χ4n) is 1.98. The van der Waals surface area contributed by atoms with E-state index in [9.17, 15) is 0 Å². The van der Waals surface area contributed by atoms with Gasteiger partial charge in [-0.15, -0.1) is 0 Å². The van der Waals surface area contributed by atoms with Crippen LogP contribution >= 0.6 is 0 Å². The Labute approximate surface area is 114 Å². The van der Waals surface area contributed by atoms with Gasteiger partial charge < -0.3 is 10.1 Å². The number of nitrogens with one attached hydrogen (secondary N) is 1. The Morgan fingerprint density at radius 1 is 1.21 bits per heavy atom. The van der Waals surface area contributed by atoms with Gasteiger partial charge in [-0.3, -0.25) is 0 Å². The zero-order chi connectivity index (χ0) is 13.7. The van der Waals surface area contributed by atoms with Crippen molar-refractivity contribution in [1.82, 2.24) is 10.3 Å². The lowest BCUT2D eigenvalue weighted by atomic mass is 10.1. The van der Waals surface area contributed by atoms with E-state index in [1.54, 1.807) is 13.3 Å². The average molecular weight is 256 g/mol. The first-order valence-electron chi connectivity index (χ1n) is 6.48. The number of hydrogen-bond donors (Lipinski definition) is 1. The zero-order valence-corrected chi connectivity index (χ0v) is 11.7. The highest BCUT2D eigenvalue weighted by Crippen LogP contribution is 2.17. The van der Waals surface area contributed by atoms with E-state index in [4.69, 9.17) is 4.74 Å². The Morgan fingerprint density at radius 2 is 1.95 bits per heavy atom. The summed E-state index contributed by atoms with van der Waals surface area (Å²) in [6.45, 7) is 5.00. The van der Waals surface area contributed by atoms with Crippen LogP contribution in [0.15, 0.2) is 42.6 Å². The molecule has 0 bridgehead atoms. The van der Waals surface area contributed by atoms with Crippen LogP contribution in [0.2, 0.25) is 0 Å². The number of rotatable bonds is 5. The summed E-state index contributed by atoms with van der Waals surface area (Å²) in [6.07, 6.45) is 1.74. The first kappa shape index (κ1) is 13.6. The van der Waals surface area contributed by atoms with Gasteiger partial charge in [0.25, 0.3) is 0 Å². The zero-order valence-electron chi connectivity index (χ0n) is 11.7. The molecular weight excluding hydrogens is 236 g/mol. The van der Waals surface area contributed by atoms with Crippen LogP contribution in [0.5, 0.6) is 5.88 Å². The van der Waals surface area contributed by atoms with Crippen molar-refractivity contribution in [2.75, 3.05) is 7.11 Å². The normalized spacial score (nSPS) is 12.2. The van der Waals surface area contributed by atoms with Crippen LogP contribution < -0.4 is 10.1 Å². The molecule has 0 aliphatic heterocycles. The molecule has 1 aromatic heterocycles. The molecule has 0 amide bonds. The van der Waals surface area contributed by atoms with Crippen molar-refractivity contribution in [3.05, 3.63) is 59.3 Å². The summed E-state index contributed by atoms with van der Waals surface area (Å²) in [7, 11) is 1.65. The van der Waals surface area contributed by atoms with Crippen LogP contribution in [0.4, 0.5) is 0 Å². The maximum atomic E-state index is 5.25. The Morgan fingerprint density at radius 3 is 2.63 bits per heavy atom. The standard InChI is InChI=1S/C16H20N2O/c1-12-6-8-14(9-7-12)13(2)18-11-15-5-4-10-17-16(15)19-3/h4-10,13,18H,11H2,1-3H3. The minimum absolute atomic E-state index is 0.297. The van der Waals surface area contributed by atoms with Crippen LogP contribution in [0.1, 0.15) is 29.7 Å². The molecule has 1 N–H and O–H groups in total. The highest BCUT2D eigenvalue weighted by molar-refractivity contribution is 5.26. The summed E-state index contributed by atoms with van der Waals surface area (Å²) in [6, 6.07) is 12.8. The number of nitrogens with zero attached hydrogens (tertiary/aromatic N) is 1. The fourth-order valence-corrected chi connectivity index (χ4v) is 1.98. The molecule has 0 fully saturated rings. The van der Waals surface area contributed by atoms with E-state index in [-0.39, 0.29) is 0 Å². The summed E-state index contributed by atoms with van der Waals surface area (Å²) in [5.41, 5.74) is 3.64.